The molecule has 0 spiro atoms. The normalized spacial score (nSPS) is 12.7. The van der Waals surface area contributed by atoms with Crippen LogP contribution in [0.5, 0.6) is 5.75 Å². The second kappa shape index (κ2) is 9.61. The minimum Gasteiger partial charge on any atom is -0.486 e. The molecule has 0 N–H and O–H groups in total. The molecule has 2 nitrogen and oxygen atoms in total. The maximum absolute atomic E-state index is 12.8. The fraction of sp³-hybridized carbons (Fsp3) is 0.250. The smallest absolute Gasteiger partial charge is 0.416 e. The van der Waals surface area contributed by atoms with Gasteiger partial charge in [-0.05, 0) is 42.4 Å². The zero-order valence-electron chi connectivity index (χ0n) is 16.3. The SMILES string of the molecule is CN(CCC(Oc1ccc(C(F)(F)F)cc1)c1ccccc1)Cc1ccccc1. The van der Waals surface area contributed by atoms with Crippen molar-refractivity contribution in [3.63, 3.8) is 0 Å². The van der Waals surface area contributed by atoms with Gasteiger partial charge in [0.2, 0.25) is 0 Å². The average molecular weight is 399 g/mol. The van der Waals surface area contributed by atoms with E-state index in [9.17, 15) is 13.2 Å². The van der Waals surface area contributed by atoms with Gasteiger partial charge in [-0.3, -0.25) is 0 Å². The summed E-state index contributed by atoms with van der Waals surface area (Å²) in [5, 5.41) is 0. The highest BCUT2D eigenvalue weighted by molar-refractivity contribution is 5.30. The predicted octanol–water partition coefficient (Wildman–Crippen LogP) is 6.35. The van der Waals surface area contributed by atoms with Crippen LogP contribution in [0, 0.1) is 0 Å². The van der Waals surface area contributed by atoms with Crippen LogP contribution in [-0.2, 0) is 12.7 Å². The molecule has 3 aromatic carbocycles. The number of halogens is 3. The maximum Gasteiger partial charge on any atom is 0.416 e. The third-order valence-electron chi connectivity index (χ3n) is 4.70. The average Bonchev–Trinajstić information content (AvgIpc) is 2.72. The van der Waals surface area contributed by atoms with E-state index < -0.39 is 11.7 Å². The molecule has 0 aromatic heterocycles. The predicted molar refractivity (Wildman–Crippen MR) is 109 cm³/mol. The van der Waals surface area contributed by atoms with Crippen LogP contribution in [0.4, 0.5) is 13.2 Å². The molecular formula is C24H24F3NO. The number of alkyl halides is 3. The van der Waals surface area contributed by atoms with E-state index in [2.05, 4.69) is 17.0 Å². The topological polar surface area (TPSA) is 12.5 Å². The van der Waals surface area contributed by atoms with Crippen LogP contribution >= 0.6 is 0 Å². The van der Waals surface area contributed by atoms with Crippen LogP contribution in [0.25, 0.3) is 0 Å². The number of hydrogen-bond donors (Lipinski definition) is 0. The van der Waals surface area contributed by atoms with Gasteiger partial charge in [-0.15, -0.1) is 0 Å². The van der Waals surface area contributed by atoms with Gasteiger partial charge in [0.05, 0.1) is 5.56 Å². The second-order valence-electron chi connectivity index (χ2n) is 7.05. The van der Waals surface area contributed by atoms with Gasteiger partial charge in [-0.2, -0.15) is 13.2 Å². The molecule has 0 amide bonds. The number of hydrogen-bond acceptors (Lipinski definition) is 2. The summed E-state index contributed by atoms with van der Waals surface area (Å²) in [7, 11) is 2.05. The standard InChI is InChI=1S/C24H24F3NO/c1-28(18-19-8-4-2-5-9-19)17-16-23(20-10-6-3-7-11-20)29-22-14-12-21(13-15-22)24(25,26)27/h2-15,23H,16-18H2,1H3. The Morgan fingerprint density at radius 2 is 1.41 bits per heavy atom. The molecular weight excluding hydrogens is 375 g/mol. The zero-order chi connectivity index (χ0) is 20.7. The van der Waals surface area contributed by atoms with E-state index in [1.165, 1.54) is 17.7 Å². The van der Waals surface area contributed by atoms with Crippen molar-refractivity contribution in [2.45, 2.75) is 25.2 Å². The zero-order valence-corrected chi connectivity index (χ0v) is 16.3. The van der Waals surface area contributed by atoms with Crippen molar-refractivity contribution in [3.8, 4) is 5.75 Å². The highest BCUT2D eigenvalue weighted by Crippen LogP contribution is 2.32. The Morgan fingerprint density at radius 3 is 2.00 bits per heavy atom. The molecule has 0 saturated carbocycles. The van der Waals surface area contributed by atoms with E-state index in [-0.39, 0.29) is 6.10 Å². The van der Waals surface area contributed by atoms with E-state index in [4.69, 9.17) is 4.74 Å². The first-order valence-corrected chi connectivity index (χ1v) is 9.53. The molecule has 0 bridgehead atoms. The van der Waals surface area contributed by atoms with Gasteiger partial charge in [0.15, 0.2) is 0 Å². The van der Waals surface area contributed by atoms with Crippen molar-refractivity contribution in [2.75, 3.05) is 13.6 Å². The minimum absolute atomic E-state index is 0.244. The lowest BCUT2D eigenvalue weighted by atomic mass is 10.1. The third-order valence-corrected chi connectivity index (χ3v) is 4.70. The molecule has 3 rings (SSSR count). The first-order valence-electron chi connectivity index (χ1n) is 9.53. The van der Waals surface area contributed by atoms with Crippen molar-refractivity contribution in [3.05, 3.63) is 102 Å². The number of benzene rings is 3. The summed E-state index contributed by atoms with van der Waals surface area (Å²) in [6, 6.07) is 24.8. The molecule has 0 aliphatic carbocycles. The van der Waals surface area contributed by atoms with E-state index in [0.29, 0.717) is 12.2 Å². The van der Waals surface area contributed by atoms with Gasteiger partial charge in [0.25, 0.3) is 0 Å². The summed E-state index contributed by atoms with van der Waals surface area (Å²) in [6.07, 6.45) is -3.88. The van der Waals surface area contributed by atoms with Gasteiger partial charge in [-0.1, -0.05) is 60.7 Å². The summed E-state index contributed by atoms with van der Waals surface area (Å²) < 4.78 is 44.4. The van der Waals surface area contributed by atoms with Crippen molar-refractivity contribution in [1.82, 2.24) is 4.90 Å². The molecule has 1 atom stereocenters. The first kappa shape index (κ1) is 20.9. The Bertz CT molecular complexity index is 864. The van der Waals surface area contributed by atoms with Gasteiger partial charge >= 0.3 is 6.18 Å². The van der Waals surface area contributed by atoms with Gasteiger partial charge in [0, 0.05) is 19.5 Å². The van der Waals surface area contributed by atoms with Gasteiger partial charge in [-0.25, -0.2) is 0 Å². The lowest BCUT2D eigenvalue weighted by Crippen LogP contribution is -2.22. The molecule has 1 unspecified atom stereocenters. The Kier molecular flexibility index (Phi) is 6.94. The number of ether oxygens (including phenoxy) is 1. The molecule has 0 saturated heterocycles. The second-order valence-corrected chi connectivity index (χ2v) is 7.05. The largest absolute Gasteiger partial charge is 0.486 e. The summed E-state index contributed by atoms with van der Waals surface area (Å²) in [5.41, 5.74) is 1.55. The highest BCUT2D eigenvalue weighted by atomic mass is 19.4. The molecule has 152 valence electrons. The molecule has 0 heterocycles. The molecule has 0 aliphatic rings. The summed E-state index contributed by atoms with van der Waals surface area (Å²) in [5.74, 6) is 0.428. The van der Waals surface area contributed by atoms with Crippen LogP contribution in [0.1, 0.15) is 29.2 Å². The lowest BCUT2D eigenvalue weighted by molar-refractivity contribution is -0.137. The van der Waals surface area contributed by atoms with Crippen LogP contribution in [0.3, 0.4) is 0 Å². The third kappa shape index (κ3) is 6.36. The van der Waals surface area contributed by atoms with Crippen molar-refractivity contribution in [2.24, 2.45) is 0 Å². The number of nitrogens with zero attached hydrogens (tertiary/aromatic N) is 1. The van der Waals surface area contributed by atoms with Crippen LogP contribution < -0.4 is 4.74 Å². The van der Waals surface area contributed by atoms with Gasteiger partial charge in [0.1, 0.15) is 11.9 Å². The highest BCUT2D eigenvalue weighted by Gasteiger charge is 2.30. The summed E-state index contributed by atoms with van der Waals surface area (Å²) in [4.78, 5) is 2.21. The van der Waals surface area contributed by atoms with Crippen molar-refractivity contribution >= 4 is 0 Å². The maximum atomic E-state index is 12.8. The van der Waals surface area contributed by atoms with Crippen LogP contribution in [0.2, 0.25) is 0 Å². The molecule has 0 radical (unpaired) electrons. The van der Waals surface area contributed by atoms with E-state index >= 15 is 0 Å². The fourth-order valence-electron chi connectivity index (χ4n) is 3.16. The quantitative estimate of drug-likeness (QED) is 0.438. The van der Waals surface area contributed by atoms with Crippen molar-refractivity contribution in [1.29, 1.82) is 0 Å². The summed E-state index contributed by atoms with van der Waals surface area (Å²) >= 11 is 0. The van der Waals surface area contributed by atoms with Gasteiger partial charge < -0.3 is 9.64 Å². The molecule has 3 aromatic rings. The lowest BCUT2D eigenvalue weighted by Gasteiger charge is -2.23. The van der Waals surface area contributed by atoms with E-state index in [1.54, 1.807) is 0 Å². The monoisotopic (exact) mass is 399 g/mol. The fourth-order valence-corrected chi connectivity index (χ4v) is 3.16. The Hall–Kier alpha value is -2.79. The van der Waals surface area contributed by atoms with Crippen LogP contribution in [0.15, 0.2) is 84.9 Å². The molecule has 0 aliphatic heterocycles. The van der Waals surface area contributed by atoms with E-state index in [0.717, 1.165) is 30.8 Å². The Balaban J connectivity index is 1.67. The Labute approximate surface area is 169 Å². The molecule has 5 heteroatoms. The minimum atomic E-state index is -4.35. The summed E-state index contributed by atoms with van der Waals surface area (Å²) in [6.45, 7) is 1.61. The Morgan fingerprint density at radius 1 is 0.828 bits per heavy atom. The van der Waals surface area contributed by atoms with E-state index in [1.807, 2.05) is 55.6 Å². The molecule has 29 heavy (non-hydrogen) atoms. The van der Waals surface area contributed by atoms with Crippen LogP contribution in [-0.4, -0.2) is 18.5 Å². The first-order chi connectivity index (χ1) is 13.9. The molecule has 0 fully saturated rings. The van der Waals surface area contributed by atoms with Crippen molar-refractivity contribution < 1.29 is 17.9 Å². The number of rotatable bonds is 8.